The lowest BCUT2D eigenvalue weighted by Crippen LogP contribution is -2.31. The Morgan fingerprint density at radius 3 is 3.31 bits per heavy atom. The molecule has 1 unspecified atom stereocenters. The minimum absolute atomic E-state index is 0.0358. The number of amides is 1. The van der Waals surface area contributed by atoms with Crippen LogP contribution in [0.25, 0.3) is 0 Å². The van der Waals surface area contributed by atoms with Gasteiger partial charge in [-0.3, -0.25) is 4.79 Å². The van der Waals surface area contributed by atoms with Crippen molar-refractivity contribution in [1.29, 1.82) is 0 Å². The predicted octanol–water partition coefficient (Wildman–Crippen LogP) is 1.67. The van der Waals surface area contributed by atoms with Crippen molar-refractivity contribution < 1.29 is 9.90 Å². The zero-order valence-corrected chi connectivity index (χ0v) is 10.1. The van der Waals surface area contributed by atoms with Gasteiger partial charge in [-0.05, 0) is 42.7 Å². The lowest BCUT2D eigenvalue weighted by molar-refractivity contribution is -0.122. The number of hydrogen-bond acceptors (Lipinski definition) is 3. The van der Waals surface area contributed by atoms with E-state index in [1.165, 1.54) is 10.4 Å². The molecule has 0 radical (unpaired) electrons. The smallest absolute Gasteiger partial charge is 0.227 e. The number of rotatable bonds is 4. The molecule has 1 atom stereocenters. The van der Waals surface area contributed by atoms with Crippen molar-refractivity contribution in [3.05, 3.63) is 21.9 Å². The van der Waals surface area contributed by atoms with Crippen molar-refractivity contribution >= 4 is 17.2 Å². The van der Waals surface area contributed by atoms with Gasteiger partial charge in [0.1, 0.15) is 0 Å². The average molecular weight is 239 g/mol. The van der Waals surface area contributed by atoms with Crippen LogP contribution in [-0.4, -0.2) is 24.2 Å². The highest BCUT2D eigenvalue weighted by atomic mass is 32.1. The van der Waals surface area contributed by atoms with E-state index in [9.17, 15) is 4.79 Å². The number of aliphatic hydroxyl groups excluding tert-OH is 1. The third-order valence-corrected chi connectivity index (χ3v) is 4.00. The lowest BCUT2D eigenvalue weighted by Gasteiger charge is -2.21. The summed E-state index contributed by atoms with van der Waals surface area (Å²) in [5.74, 6) is 0.154. The van der Waals surface area contributed by atoms with E-state index in [4.69, 9.17) is 5.11 Å². The van der Waals surface area contributed by atoms with Crippen LogP contribution in [0.5, 0.6) is 0 Å². The Balaban J connectivity index is 1.98. The first kappa shape index (κ1) is 11.6. The highest BCUT2D eigenvalue weighted by molar-refractivity contribution is 7.10. The topological polar surface area (TPSA) is 49.3 Å². The van der Waals surface area contributed by atoms with Gasteiger partial charge in [-0.2, -0.15) is 0 Å². The molecule has 88 valence electrons. The number of aryl methyl sites for hydroxylation is 1. The molecule has 1 aromatic rings. The molecule has 2 N–H and O–H groups in total. The van der Waals surface area contributed by atoms with E-state index in [0.717, 1.165) is 19.3 Å². The molecule has 0 saturated heterocycles. The maximum atomic E-state index is 11.9. The quantitative estimate of drug-likeness (QED) is 0.785. The average Bonchev–Trinajstić information content (AvgIpc) is 2.76. The van der Waals surface area contributed by atoms with Gasteiger partial charge in [0.2, 0.25) is 5.91 Å². The van der Waals surface area contributed by atoms with Crippen LogP contribution in [0.3, 0.4) is 0 Å². The number of carbonyl (C=O) groups is 1. The van der Waals surface area contributed by atoms with E-state index in [-0.39, 0.29) is 18.4 Å². The highest BCUT2D eigenvalue weighted by Crippen LogP contribution is 2.34. The molecule has 0 spiro atoms. The Morgan fingerprint density at radius 2 is 2.50 bits per heavy atom. The molecule has 0 aliphatic heterocycles. The van der Waals surface area contributed by atoms with E-state index in [1.54, 1.807) is 11.3 Å². The molecule has 16 heavy (non-hydrogen) atoms. The second-order valence-corrected chi connectivity index (χ2v) is 5.11. The summed E-state index contributed by atoms with van der Waals surface area (Å²) in [5, 5.41) is 13.6. The molecule has 1 aromatic heterocycles. The van der Waals surface area contributed by atoms with Crippen molar-refractivity contribution in [2.45, 2.75) is 31.6 Å². The van der Waals surface area contributed by atoms with Gasteiger partial charge < -0.3 is 10.4 Å². The second kappa shape index (κ2) is 5.46. The van der Waals surface area contributed by atoms with E-state index >= 15 is 0 Å². The van der Waals surface area contributed by atoms with Crippen LogP contribution in [0.1, 0.15) is 35.6 Å². The lowest BCUT2D eigenvalue weighted by atomic mass is 9.87. The van der Waals surface area contributed by atoms with Crippen molar-refractivity contribution in [3.63, 3.8) is 0 Å². The molecule has 0 aromatic carbocycles. The number of fused-ring (bicyclic) bond motifs is 1. The Labute approximate surface area is 99.5 Å². The zero-order valence-electron chi connectivity index (χ0n) is 9.24. The minimum Gasteiger partial charge on any atom is -0.396 e. The molecular weight excluding hydrogens is 222 g/mol. The molecule has 1 heterocycles. The fourth-order valence-electron chi connectivity index (χ4n) is 2.17. The molecule has 2 rings (SSSR count). The van der Waals surface area contributed by atoms with Crippen LogP contribution in [0.2, 0.25) is 0 Å². The van der Waals surface area contributed by atoms with Gasteiger partial charge in [0.05, 0.1) is 5.92 Å². The fourth-order valence-corrected chi connectivity index (χ4v) is 3.16. The molecule has 4 heteroatoms. The third kappa shape index (κ3) is 2.44. The number of carbonyl (C=O) groups excluding carboxylic acids is 1. The minimum atomic E-state index is 0.0358. The summed E-state index contributed by atoms with van der Waals surface area (Å²) >= 11 is 1.75. The Kier molecular flexibility index (Phi) is 3.96. The maximum absolute atomic E-state index is 11.9. The molecule has 0 bridgehead atoms. The fraction of sp³-hybridized carbons (Fsp3) is 0.583. The Bertz CT molecular complexity index is 362. The van der Waals surface area contributed by atoms with E-state index in [1.807, 2.05) is 0 Å². The van der Waals surface area contributed by atoms with Gasteiger partial charge in [-0.25, -0.2) is 0 Å². The molecular formula is C12H17NO2S. The first-order valence-corrected chi connectivity index (χ1v) is 6.65. The molecule has 1 aliphatic carbocycles. The van der Waals surface area contributed by atoms with Crippen molar-refractivity contribution in [2.24, 2.45) is 0 Å². The molecule has 0 saturated carbocycles. The first-order valence-electron chi connectivity index (χ1n) is 5.77. The van der Waals surface area contributed by atoms with Crippen LogP contribution >= 0.6 is 11.3 Å². The van der Waals surface area contributed by atoms with E-state index in [0.29, 0.717) is 13.0 Å². The van der Waals surface area contributed by atoms with Gasteiger partial charge in [-0.1, -0.05) is 0 Å². The van der Waals surface area contributed by atoms with Crippen molar-refractivity contribution in [3.8, 4) is 0 Å². The molecule has 1 aliphatic rings. The van der Waals surface area contributed by atoms with E-state index < -0.39 is 0 Å². The normalized spacial score (nSPS) is 19.2. The number of nitrogens with one attached hydrogen (secondary N) is 1. The van der Waals surface area contributed by atoms with Crippen molar-refractivity contribution in [1.82, 2.24) is 5.32 Å². The third-order valence-electron chi connectivity index (χ3n) is 3.00. The van der Waals surface area contributed by atoms with Gasteiger partial charge >= 0.3 is 0 Å². The largest absolute Gasteiger partial charge is 0.396 e. The molecule has 0 fully saturated rings. The standard InChI is InChI=1S/C12H17NO2S/c14-7-2-6-13-12(15)10-3-1-4-11-9(10)5-8-16-11/h5,8,10,14H,1-4,6-7H2,(H,13,15). The number of aliphatic hydroxyl groups is 1. The van der Waals surface area contributed by atoms with Crippen LogP contribution in [-0.2, 0) is 11.2 Å². The summed E-state index contributed by atoms with van der Waals surface area (Å²) in [6, 6.07) is 2.08. The molecule has 1 amide bonds. The van der Waals surface area contributed by atoms with Gasteiger partial charge in [-0.15, -0.1) is 11.3 Å². The Hall–Kier alpha value is -0.870. The number of thiophene rings is 1. The maximum Gasteiger partial charge on any atom is 0.227 e. The summed E-state index contributed by atoms with van der Waals surface area (Å²) in [4.78, 5) is 13.3. The SMILES string of the molecule is O=C(NCCCO)C1CCCc2sccc21. The van der Waals surface area contributed by atoms with Crippen LogP contribution in [0, 0.1) is 0 Å². The Morgan fingerprint density at radius 1 is 1.62 bits per heavy atom. The first-order chi connectivity index (χ1) is 7.83. The summed E-state index contributed by atoms with van der Waals surface area (Å²) < 4.78 is 0. The van der Waals surface area contributed by atoms with Crippen molar-refractivity contribution in [2.75, 3.05) is 13.2 Å². The second-order valence-electron chi connectivity index (χ2n) is 4.11. The van der Waals surface area contributed by atoms with E-state index in [2.05, 4.69) is 16.8 Å². The van der Waals surface area contributed by atoms with Crippen LogP contribution < -0.4 is 5.32 Å². The summed E-state index contributed by atoms with van der Waals surface area (Å²) in [7, 11) is 0. The van der Waals surface area contributed by atoms with Crippen LogP contribution in [0.4, 0.5) is 0 Å². The summed E-state index contributed by atoms with van der Waals surface area (Å²) in [6.45, 7) is 0.708. The monoisotopic (exact) mass is 239 g/mol. The summed E-state index contributed by atoms with van der Waals surface area (Å²) in [6.07, 6.45) is 3.81. The van der Waals surface area contributed by atoms with Gasteiger partial charge in [0.25, 0.3) is 0 Å². The number of hydrogen-bond donors (Lipinski definition) is 2. The predicted molar refractivity (Wildman–Crippen MR) is 64.7 cm³/mol. The zero-order chi connectivity index (χ0) is 11.4. The summed E-state index contributed by atoms with van der Waals surface area (Å²) in [5.41, 5.74) is 1.22. The van der Waals surface area contributed by atoms with Crippen LogP contribution in [0.15, 0.2) is 11.4 Å². The van der Waals surface area contributed by atoms with Gasteiger partial charge in [0.15, 0.2) is 0 Å². The molecule has 3 nitrogen and oxygen atoms in total. The van der Waals surface area contributed by atoms with Gasteiger partial charge in [0, 0.05) is 18.0 Å². The highest BCUT2D eigenvalue weighted by Gasteiger charge is 2.26.